The number of carbonyl (C=O) groups is 1. The van der Waals surface area contributed by atoms with Crippen LogP contribution in [-0.4, -0.2) is 47.9 Å². The average molecular weight is 458 g/mol. The molecule has 2 aromatic heterocycles. The topological polar surface area (TPSA) is 68.7 Å². The van der Waals surface area contributed by atoms with Crippen molar-refractivity contribution in [1.29, 1.82) is 0 Å². The standard InChI is InChI=1S/C27H27N3O4/c1-4-32-27(31)20-12-17(14-29(2)3)30-22(20)13-19-18-7-5-6-8-21(18)28-25(19)26(30)16-9-10-23-24(11-16)34-15-33-23/h5-12,26,28H,4,13-15H2,1-3H3. The van der Waals surface area contributed by atoms with Crippen LogP contribution in [0.1, 0.15) is 51.5 Å². The lowest BCUT2D eigenvalue weighted by atomic mass is 9.91. The number of hydrogen-bond donors (Lipinski definition) is 1. The van der Waals surface area contributed by atoms with Gasteiger partial charge in [0.15, 0.2) is 11.5 Å². The summed E-state index contributed by atoms with van der Waals surface area (Å²) in [5.41, 5.74) is 7.20. The molecule has 4 aromatic rings. The van der Waals surface area contributed by atoms with E-state index in [0.29, 0.717) is 25.1 Å². The fourth-order valence-corrected chi connectivity index (χ4v) is 5.30. The second-order valence-electron chi connectivity index (χ2n) is 9.08. The molecule has 0 aliphatic carbocycles. The van der Waals surface area contributed by atoms with E-state index in [4.69, 9.17) is 14.2 Å². The first-order valence-electron chi connectivity index (χ1n) is 11.6. The molecule has 0 fully saturated rings. The number of hydrogen-bond acceptors (Lipinski definition) is 5. The molecule has 34 heavy (non-hydrogen) atoms. The van der Waals surface area contributed by atoms with E-state index in [-0.39, 0.29) is 18.8 Å². The molecule has 0 bridgehead atoms. The zero-order valence-corrected chi connectivity index (χ0v) is 19.6. The summed E-state index contributed by atoms with van der Waals surface area (Å²) in [4.78, 5) is 18.8. The molecule has 0 spiro atoms. The highest BCUT2D eigenvalue weighted by atomic mass is 16.7. The number of aromatic nitrogens is 2. The molecule has 7 heteroatoms. The van der Waals surface area contributed by atoms with E-state index in [1.807, 2.05) is 39.2 Å². The summed E-state index contributed by atoms with van der Waals surface area (Å²) in [6.07, 6.45) is 0.655. The highest BCUT2D eigenvalue weighted by Crippen LogP contribution is 2.44. The van der Waals surface area contributed by atoms with Crippen molar-refractivity contribution in [1.82, 2.24) is 14.5 Å². The Labute approximate surface area is 197 Å². The van der Waals surface area contributed by atoms with Crippen LogP contribution in [0.25, 0.3) is 10.9 Å². The van der Waals surface area contributed by atoms with Gasteiger partial charge in [-0.05, 0) is 56.4 Å². The van der Waals surface area contributed by atoms with Crippen molar-refractivity contribution in [2.75, 3.05) is 27.5 Å². The van der Waals surface area contributed by atoms with Gasteiger partial charge in [-0.3, -0.25) is 0 Å². The Morgan fingerprint density at radius 1 is 1.15 bits per heavy atom. The number of esters is 1. The monoisotopic (exact) mass is 457 g/mol. The molecular formula is C27H27N3O4. The van der Waals surface area contributed by atoms with Crippen molar-refractivity contribution in [3.8, 4) is 11.5 Å². The van der Waals surface area contributed by atoms with Gasteiger partial charge in [0.2, 0.25) is 6.79 Å². The van der Waals surface area contributed by atoms with Gasteiger partial charge in [-0.2, -0.15) is 0 Å². The second kappa shape index (κ2) is 7.95. The van der Waals surface area contributed by atoms with Crippen LogP contribution in [-0.2, 0) is 17.7 Å². The number of fused-ring (bicyclic) bond motifs is 5. The van der Waals surface area contributed by atoms with Gasteiger partial charge in [0.05, 0.1) is 18.2 Å². The zero-order valence-electron chi connectivity index (χ0n) is 19.6. The van der Waals surface area contributed by atoms with Crippen LogP contribution in [0.3, 0.4) is 0 Å². The van der Waals surface area contributed by atoms with E-state index in [1.54, 1.807) is 0 Å². The van der Waals surface area contributed by atoms with Crippen molar-refractivity contribution in [2.24, 2.45) is 0 Å². The molecule has 2 aliphatic rings. The first kappa shape index (κ1) is 20.9. The largest absolute Gasteiger partial charge is 0.462 e. The molecule has 1 unspecified atom stereocenters. The molecule has 0 radical (unpaired) electrons. The van der Waals surface area contributed by atoms with Gasteiger partial charge in [-0.1, -0.05) is 24.3 Å². The molecule has 0 saturated carbocycles. The quantitative estimate of drug-likeness (QED) is 0.394. The van der Waals surface area contributed by atoms with Crippen molar-refractivity contribution in [3.05, 3.63) is 82.3 Å². The summed E-state index contributed by atoms with van der Waals surface area (Å²) in [6, 6.07) is 16.3. The second-order valence-corrected chi connectivity index (χ2v) is 9.08. The number of nitrogens with one attached hydrogen (secondary N) is 1. The predicted octanol–water partition coefficient (Wildman–Crippen LogP) is 4.48. The molecule has 1 N–H and O–H groups in total. The minimum Gasteiger partial charge on any atom is -0.462 e. The smallest absolute Gasteiger partial charge is 0.339 e. The summed E-state index contributed by atoms with van der Waals surface area (Å²) in [5, 5.41) is 1.18. The third-order valence-electron chi connectivity index (χ3n) is 6.63. The molecule has 0 amide bonds. The lowest BCUT2D eigenvalue weighted by molar-refractivity contribution is 0.0525. The number of benzene rings is 2. The maximum atomic E-state index is 13.0. The Balaban J connectivity index is 1.62. The molecule has 7 nitrogen and oxygen atoms in total. The molecular weight excluding hydrogens is 430 g/mol. The maximum absolute atomic E-state index is 13.0. The summed E-state index contributed by atoms with van der Waals surface area (Å²) in [5.74, 6) is 1.23. The summed E-state index contributed by atoms with van der Waals surface area (Å²) in [6.45, 7) is 3.11. The highest BCUT2D eigenvalue weighted by molar-refractivity contribution is 5.93. The maximum Gasteiger partial charge on any atom is 0.339 e. The highest BCUT2D eigenvalue weighted by Gasteiger charge is 2.35. The summed E-state index contributed by atoms with van der Waals surface area (Å²) in [7, 11) is 4.08. The molecule has 1 atom stereocenters. The molecule has 4 heterocycles. The number of aromatic amines is 1. The number of para-hydroxylation sites is 1. The van der Waals surface area contributed by atoms with Gasteiger partial charge in [-0.15, -0.1) is 0 Å². The van der Waals surface area contributed by atoms with Crippen LogP contribution in [0, 0.1) is 0 Å². The van der Waals surface area contributed by atoms with E-state index >= 15 is 0 Å². The minimum absolute atomic E-state index is 0.140. The van der Waals surface area contributed by atoms with Crippen LogP contribution in [0.2, 0.25) is 0 Å². The van der Waals surface area contributed by atoms with Gasteiger partial charge in [0.1, 0.15) is 0 Å². The van der Waals surface area contributed by atoms with E-state index < -0.39 is 0 Å². The first-order chi connectivity index (χ1) is 16.5. The third-order valence-corrected chi connectivity index (χ3v) is 6.63. The zero-order chi connectivity index (χ0) is 23.4. The van der Waals surface area contributed by atoms with E-state index in [1.165, 1.54) is 10.9 Å². The van der Waals surface area contributed by atoms with Gasteiger partial charge in [-0.25, -0.2) is 4.79 Å². The number of nitrogens with zero attached hydrogens (tertiary/aromatic N) is 2. The summed E-state index contributed by atoms with van der Waals surface area (Å²) >= 11 is 0. The summed E-state index contributed by atoms with van der Waals surface area (Å²) < 4.78 is 19.0. The SMILES string of the molecule is CCOC(=O)c1cc(CN(C)C)n2c1Cc1c([nH]c3ccccc13)C2c1ccc2c(c1)OCO2. The first-order valence-corrected chi connectivity index (χ1v) is 11.6. The number of rotatable bonds is 5. The molecule has 2 aromatic carbocycles. The van der Waals surface area contributed by atoms with Crippen LogP contribution in [0.15, 0.2) is 48.5 Å². The van der Waals surface area contributed by atoms with Crippen molar-refractivity contribution < 1.29 is 19.0 Å². The lowest BCUT2D eigenvalue weighted by Crippen LogP contribution is -2.26. The van der Waals surface area contributed by atoms with Gasteiger partial charge in [0.25, 0.3) is 0 Å². The van der Waals surface area contributed by atoms with Gasteiger partial charge >= 0.3 is 5.97 Å². The molecule has 6 rings (SSSR count). The fourth-order valence-electron chi connectivity index (χ4n) is 5.30. The van der Waals surface area contributed by atoms with Crippen LogP contribution in [0.5, 0.6) is 11.5 Å². The van der Waals surface area contributed by atoms with Crippen molar-refractivity contribution in [3.63, 3.8) is 0 Å². The number of H-pyrrole nitrogens is 1. The predicted molar refractivity (Wildman–Crippen MR) is 129 cm³/mol. The Bertz CT molecular complexity index is 1420. The Hall–Kier alpha value is -3.71. The van der Waals surface area contributed by atoms with E-state index in [0.717, 1.165) is 39.7 Å². The average Bonchev–Trinajstić information content (AvgIpc) is 3.52. The van der Waals surface area contributed by atoms with E-state index in [2.05, 4.69) is 44.8 Å². The van der Waals surface area contributed by atoms with Crippen LogP contribution < -0.4 is 9.47 Å². The number of ether oxygens (including phenoxy) is 3. The van der Waals surface area contributed by atoms with Crippen LogP contribution >= 0.6 is 0 Å². The Morgan fingerprint density at radius 2 is 1.97 bits per heavy atom. The van der Waals surface area contributed by atoms with Gasteiger partial charge < -0.3 is 28.7 Å². The van der Waals surface area contributed by atoms with Gasteiger partial charge in [0, 0.05) is 41.0 Å². The molecule has 2 aliphatic heterocycles. The normalized spacial score (nSPS) is 16.1. The Kier molecular flexibility index (Phi) is 4.88. The molecule has 174 valence electrons. The lowest BCUT2D eigenvalue weighted by Gasteiger charge is -2.30. The minimum atomic E-state index is -0.274. The van der Waals surface area contributed by atoms with E-state index in [9.17, 15) is 4.79 Å². The Morgan fingerprint density at radius 3 is 2.79 bits per heavy atom. The van der Waals surface area contributed by atoms with Crippen molar-refractivity contribution in [2.45, 2.75) is 25.9 Å². The fraction of sp³-hybridized carbons (Fsp3) is 0.296. The third kappa shape index (κ3) is 3.19. The molecule has 0 saturated heterocycles. The number of carbonyl (C=O) groups excluding carboxylic acids is 1. The van der Waals surface area contributed by atoms with Crippen molar-refractivity contribution >= 4 is 16.9 Å². The van der Waals surface area contributed by atoms with Crippen LogP contribution in [0.4, 0.5) is 0 Å².